The second-order valence-electron chi connectivity index (χ2n) is 26.0. The van der Waals surface area contributed by atoms with Crippen molar-refractivity contribution in [2.75, 3.05) is 9.80 Å². The summed E-state index contributed by atoms with van der Waals surface area (Å²) in [6.45, 7) is 22.2. The maximum absolute atomic E-state index is 15.9. The van der Waals surface area contributed by atoms with E-state index in [0.29, 0.717) is 28.3 Å². The fourth-order valence-corrected chi connectivity index (χ4v) is 13.0. The van der Waals surface area contributed by atoms with Crippen molar-refractivity contribution in [2.45, 2.75) is 84.0 Å². The minimum absolute atomic E-state index is 0. The molecule has 0 radical (unpaired) electrons. The largest absolute Gasteiger partial charge is 0.509 e. The summed E-state index contributed by atoms with van der Waals surface area (Å²) in [6.07, 6.45) is 1.88. The molecule has 12 aromatic rings. The zero-order chi connectivity index (χ0) is 59.4. The first kappa shape index (κ1) is 57.2. The Morgan fingerprint density at radius 2 is 1.02 bits per heavy atom. The first-order valence-electron chi connectivity index (χ1n) is 29.5. The summed E-state index contributed by atoms with van der Waals surface area (Å²) >= 11 is 0. The molecule has 0 unspecified atom stereocenters. The Morgan fingerprint density at radius 3 is 1.62 bits per heavy atom. The Morgan fingerprint density at radius 1 is 0.460 bits per heavy atom. The van der Waals surface area contributed by atoms with Gasteiger partial charge in [-0.05, 0) is 144 Å². The van der Waals surface area contributed by atoms with Gasteiger partial charge in [-0.2, -0.15) is 6.07 Å². The van der Waals surface area contributed by atoms with Crippen LogP contribution < -0.4 is 14.5 Å². The summed E-state index contributed by atoms with van der Waals surface area (Å²) in [5.74, 6) is 0.861. The predicted molar refractivity (Wildman–Crippen MR) is 348 cm³/mol. The van der Waals surface area contributed by atoms with Crippen molar-refractivity contribution in [1.29, 1.82) is 0 Å². The molecule has 0 fully saturated rings. The first-order valence-corrected chi connectivity index (χ1v) is 29.5. The van der Waals surface area contributed by atoms with Gasteiger partial charge in [0.25, 0.3) is 0 Å². The van der Waals surface area contributed by atoms with E-state index in [1.54, 1.807) is 12.1 Å². The summed E-state index contributed by atoms with van der Waals surface area (Å²) in [6, 6.07) is 81.6. The van der Waals surface area contributed by atoms with Crippen molar-refractivity contribution in [3.63, 3.8) is 0 Å². The van der Waals surface area contributed by atoms with Gasteiger partial charge < -0.3 is 19.1 Å². The number of rotatable bonds is 9. The van der Waals surface area contributed by atoms with Crippen LogP contribution in [0.3, 0.4) is 0 Å². The first-order chi connectivity index (χ1) is 41.3. The average Bonchev–Trinajstić information content (AvgIpc) is 1.57. The maximum atomic E-state index is 15.9. The Labute approximate surface area is 523 Å². The number of fused-ring (bicyclic) bond motifs is 7. The van der Waals surface area contributed by atoms with Gasteiger partial charge in [-0.15, -0.1) is 53.6 Å². The fraction of sp³-hybridized carbons (Fsp3) is 0.165. The van der Waals surface area contributed by atoms with Gasteiger partial charge in [0.2, 0.25) is 0 Å². The molecule has 10 aromatic carbocycles. The minimum atomic E-state index is -1.11. The number of hydrogen-bond acceptors (Lipinski definition) is 4. The average molecular weight is 1320 g/mol. The van der Waals surface area contributed by atoms with Crippen LogP contribution in [-0.4, -0.2) is 9.55 Å². The van der Waals surface area contributed by atoms with Crippen LogP contribution in [0.15, 0.2) is 225 Å². The van der Waals surface area contributed by atoms with Gasteiger partial charge in [-0.3, -0.25) is 0 Å². The molecule has 2 aromatic heterocycles. The molecule has 0 amide bonds. The van der Waals surface area contributed by atoms with Crippen LogP contribution in [0.5, 0.6) is 11.5 Å². The molecule has 0 spiro atoms. The summed E-state index contributed by atoms with van der Waals surface area (Å²) in [4.78, 5) is 9.49. The van der Waals surface area contributed by atoms with E-state index in [9.17, 15) is 0 Å². The fourth-order valence-electron chi connectivity index (χ4n) is 13.0. The topological polar surface area (TPSA) is 33.5 Å². The molecule has 2 aliphatic rings. The van der Waals surface area contributed by atoms with Gasteiger partial charge in [-0.25, -0.2) is 13.8 Å². The number of para-hydroxylation sites is 3. The van der Waals surface area contributed by atoms with Gasteiger partial charge in [0.15, 0.2) is 0 Å². The van der Waals surface area contributed by atoms with Gasteiger partial charge in [0.05, 0.1) is 0 Å². The zero-order valence-corrected chi connectivity index (χ0v) is 52.5. The van der Waals surface area contributed by atoms with E-state index in [-0.39, 0.29) is 37.3 Å². The standard InChI is InChI=1S/C79H65F2N4O.Pt/c1-76(2,3)52-28-30-53(31-29-52)79(68-36-32-57(80)45-66(68)67-46-58(81)33-37-69(67)79)56-40-59(47-61(41-56)86-60-34-35-63-62-24-16-17-25-70(62)85(73(63)48-60)74-44-54(38-39-82-74)77(4,5)6)83-49-84(72-27-19-18-26-71(72)83)75-64(50-20-12-10-13-21-50)42-55(78(7,8)9)43-65(75)51-22-14-11-15-23-51;/h10-46,49H,1-9H3;/q-3;. The van der Waals surface area contributed by atoms with E-state index in [4.69, 9.17) is 9.72 Å². The van der Waals surface area contributed by atoms with Crippen molar-refractivity contribution in [1.82, 2.24) is 9.55 Å². The molecule has 0 N–H and O–H groups in total. The van der Waals surface area contributed by atoms with E-state index < -0.39 is 17.0 Å². The van der Waals surface area contributed by atoms with Crippen molar-refractivity contribution in [2.24, 2.45) is 0 Å². The Kier molecular flexibility index (Phi) is 14.1. The monoisotopic (exact) mass is 1320 g/mol. The normalized spacial score (nSPS) is 13.6. The molecular weight excluding hydrogens is 1250 g/mol. The zero-order valence-electron chi connectivity index (χ0n) is 50.2. The van der Waals surface area contributed by atoms with Crippen molar-refractivity contribution in [3.05, 3.63) is 294 Å². The third-order valence-electron chi connectivity index (χ3n) is 17.4. The van der Waals surface area contributed by atoms with Crippen molar-refractivity contribution < 1.29 is 34.6 Å². The molecular formula is C79H65F2N4OPt-3. The van der Waals surface area contributed by atoms with Crippen LogP contribution in [0.25, 0.3) is 61.0 Å². The molecule has 14 rings (SSSR count). The number of aromatic nitrogens is 2. The number of anilines is 4. The maximum Gasteiger partial charge on any atom is 0.135 e. The summed E-state index contributed by atoms with van der Waals surface area (Å²) in [5, 5.41) is 2.08. The number of nitrogens with zero attached hydrogens (tertiary/aromatic N) is 4. The van der Waals surface area contributed by atoms with Gasteiger partial charge in [-0.1, -0.05) is 195 Å². The van der Waals surface area contributed by atoms with Crippen LogP contribution in [0.1, 0.15) is 101 Å². The number of benzene rings is 10. The Bertz CT molecular complexity index is 4520. The number of pyridine rings is 1. The van der Waals surface area contributed by atoms with Gasteiger partial charge in [0, 0.05) is 77.9 Å². The molecule has 0 atom stereocenters. The molecule has 87 heavy (non-hydrogen) atoms. The second kappa shape index (κ2) is 21.5. The van der Waals surface area contributed by atoms with E-state index in [2.05, 4.69) is 271 Å². The van der Waals surface area contributed by atoms with Gasteiger partial charge >= 0.3 is 0 Å². The molecule has 1 aliphatic heterocycles. The molecule has 0 bridgehead atoms. The van der Waals surface area contributed by atoms with Crippen molar-refractivity contribution >= 4 is 44.6 Å². The summed E-state index contributed by atoms with van der Waals surface area (Å²) < 4.78 is 41.2. The molecule has 1 aliphatic carbocycles. The number of ether oxygens (including phenoxy) is 1. The van der Waals surface area contributed by atoms with E-state index in [1.165, 1.54) is 17.7 Å². The van der Waals surface area contributed by atoms with Gasteiger partial charge in [0.1, 0.15) is 17.5 Å². The molecule has 0 saturated heterocycles. The van der Waals surface area contributed by atoms with Crippen molar-refractivity contribution in [3.8, 4) is 50.7 Å². The molecule has 5 nitrogen and oxygen atoms in total. The molecule has 434 valence electrons. The van der Waals surface area contributed by atoms with Crippen LogP contribution >= 0.6 is 0 Å². The summed E-state index contributed by atoms with van der Waals surface area (Å²) in [5.41, 5.74) is 16.4. The predicted octanol–water partition coefficient (Wildman–Crippen LogP) is 20.8. The quantitative estimate of drug-likeness (QED) is 0.135. The summed E-state index contributed by atoms with van der Waals surface area (Å²) in [7, 11) is 0. The SMILES string of the molecule is CC(C)(C)c1ccc(C2(c3cc(Oc4[c-]c5c(cc4)c4ccccc4n5-c4cc(C(C)(C)C)ccn4)[c-]c(N4[CH-]N(c5c(-c6ccccc6)cc(C(C)(C)C)cc5-c5ccccc5)c5ccccc54)c3)c3ccc(F)cc3-c3cc(F)ccc32)cc1.[Pt]. The third kappa shape index (κ3) is 9.85. The minimum Gasteiger partial charge on any atom is -0.509 e. The smallest absolute Gasteiger partial charge is 0.135 e. The Hall–Kier alpha value is -8.90. The molecule has 8 heteroatoms. The van der Waals surface area contributed by atoms with E-state index in [1.807, 2.05) is 24.4 Å². The third-order valence-corrected chi connectivity index (χ3v) is 17.4. The number of hydrogen-bond donors (Lipinski definition) is 0. The molecule has 3 heterocycles. The van der Waals surface area contributed by atoms with E-state index in [0.717, 1.165) is 100 Å². The Balaban J connectivity index is 0.00000700. The van der Waals surface area contributed by atoms with Crippen LogP contribution in [0.4, 0.5) is 31.5 Å². The molecule has 0 saturated carbocycles. The van der Waals surface area contributed by atoms with Crippen LogP contribution in [-0.2, 0) is 42.7 Å². The number of halogens is 2. The van der Waals surface area contributed by atoms with Crippen LogP contribution in [0.2, 0.25) is 0 Å². The second-order valence-corrected chi connectivity index (χ2v) is 26.0. The van der Waals surface area contributed by atoms with Crippen LogP contribution in [0, 0.1) is 30.4 Å². The van der Waals surface area contributed by atoms with E-state index >= 15 is 8.78 Å².